The number of halogens is 4. The number of hydrogen-bond donors (Lipinski definition) is 1. The molecule has 6 aromatic carbocycles. The number of anilines is 3. The molecule has 0 spiro atoms. The van der Waals surface area contributed by atoms with Gasteiger partial charge in [-0.2, -0.15) is 15.8 Å². The molecule has 21 nitrogen and oxygen atoms in total. The van der Waals surface area contributed by atoms with Gasteiger partial charge in [-0.15, -0.1) is 47.3 Å². The first-order valence-corrected chi connectivity index (χ1v) is 39.7. The van der Waals surface area contributed by atoms with E-state index in [1.54, 1.807) is 37.4 Å². The van der Waals surface area contributed by atoms with Gasteiger partial charge in [0.15, 0.2) is 0 Å². The molecule has 0 amide bonds. The maximum absolute atomic E-state index is 12.2. The fraction of sp³-hybridized carbons (Fsp3) is 0.324. The van der Waals surface area contributed by atoms with Crippen molar-refractivity contribution in [2.24, 2.45) is 0 Å². The van der Waals surface area contributed by atoms with E-state index in [1.807, 2.05) is 136 Å². The molecule has 9 aromatic rings. The fourth-order valence-electron chi connectivity index (χ4n) is 11.8. The second-order valence-corrected chi connectivity index (χ2v) is 37.5. The van der Waals surface area contributed by atoms with Gasteiger partial charge in [0.25, 0.3) is 6.47 Å². The zero-order valence-corrected chi connectivity index (χ0v) is 72.2. The number of benzene rings is 6. The molecule has 0 bridgehead atoms. The van der Waals surface area contributed by atoms with E-state index in [1.165, 1.54) is 12.9 Å². The zero-order chi connectivity index (χ0) is 71.1. The molecule has 1 N–H and O–H groups in total. The topological polar surface area (TPSA) is 286 Å². The molecule has 3 fully saturated rings. The Bertz CT molecular complexity index is 4760. The molecule has 0 radical (unpaired) electrons. The van der Waals surface area contributed by atoms with Crippen LogP contribution in [0.5, 0.6) is 17.2 Å². The smallest absolute Gasteiger partial charge is 1.00 e. The number of carbonyl (C=O) groups is 1. The Hall–Kier alpha value is -4.00. The van der Waals surface area contributed by atoms with Gasteiger partial charge in [-0.3, -0.25) is 17.7 Å². The van der Waals surface area contributed by atoms with Crippen LogP contribution in [0.4, 0.5) is 17.1 Å². The largest absolute Gasteiger partial charge is 1.00 e. The third kappa shape index (κ3) is 20.9. The predicted octanol–water partition coefficient (Wildman–Crippen LogP) is 8.26. The second-order valence-electron chi connectivity index (χ2n) is 22.5. The number of nitrogens with zero attached hydrogens (tertiary/aromatic N) is 9. The maximum Gasteiger partial charge on any atom is 1.00 e. The molecule has 0 unspecified atom stereocenters. The minimum atomic E-state index is -3.22. The van der Waals surface area contributed by atoms with Gasteiger partial charge in [0.2, 0.25) is 30.1 Å². The Balaban J connectivity index is 0.000000290. The standard InChI is InChI=1S/C23H25N3O3S.C21H21N3O3S.C20H19N3O3S.C3H7I.CH2O3.BBr3.2K.H/c1-4-25-22-14-19(29-16(2)3)10-11-20(22)21(15-24)23(25)17-6-8-18(9-7-17)26-12-5-13-30(26,27)28;1-3-23-20-13-17(27-2)9-10-18(20)19(14-22)21(23)15-5-7-16(8-6-15)24-11-4-12-28(24,25)26;1-2-22-19-12-16(24)8-9-17(19)18(13-21)20(22)14-4-6-15(7-5-14)23-10-3-11-27(23,25)26;1-3(2)4;2-1-4-3;2-1(3)4;;;/h6-11,14,16H,4-5,12-13H2,1-3H3;5-10,13H,3-4,11-12H2,1-2H3;4-9,12,24H,2-3,10-11H2,1H3;3H,1-2H3;1,3H;;;;/q;;;;;;2*+1;-1/p-1. The van der Waals surface area contributed by atoms with E-state index in [9.17, 15) is 46.1 Å². The molecule has 0 aliphatic carbocycles. The van der Waals surface area contributed by atoms with E-state index in [4.69, 9.17) is 19.5 Å². The van der Waals surface area contributed by atoms with E-state index in [0.717, 1.165) is 81.9 Å². The summed E-state index contributed by atoms with van der Waals surface area (Å²) in [6.45, 7) is 17.7. The van der Waals surface area contributed by atoms with E-state index >= 15 is 0 Å². The third-order valence-corrected chi connectivity index (χ3v) is 21.2. The molecule has 3 aromatic heterocycles. The van der Waals surface area contributed by atoms with Crippen molar-refractivity contribution in [3.05, 3.63) is 144 Å². The fourth-order valence-corrected chi connectivity index (χ4v) is 16.5. The quantitative estimate of drug-likeness (QED) is 0.0284. The van der Waals surface area contributed by atoms with Gasteiger partial charge >= 0.3 is 106 Å². The van der Waals surface area contributed by atoms with Gasteiger partial charge in [0.1, 0.15) is 35.5 Å². The minimum Gasteiger partial charge on any atom is -1.00 e. The first-order chi connectivity index (χ1) is 46.2. The van der Waals surface area contributed by atoms with Crippen LogP contribution in [-0.4, -0.2) is 108 Å². The molecule has 99 heavy (non-hydrogen) atoms. The summed E-state index contributed by atoms with van der Waals surface area (Å²) in [4.78, 5) is 11.2. The molecule has 0 saturated carbocycles. The van der Waals surface area contributed by atoms with Crippen molar-refractivity contribution in [2.75, 3.05) is 56.9 Å². The van der Waals surface area contributed by atoms with Crippen molar-refractivity contribution in [1.82, 2.24) is 13.7 Å². The number of methoxy groups -OCH3 is 1. The van der Waals surface area contributed by atoms with Gasteiger partial charge in [-0.25, -0.2) is 25.3 Å². The molecule has 31 heteroatoms. The Labute approximate surface area is 705 Å². The SMILES string of the molecule is BrB(Br)Br.CC(C)I.CCn1c(-c2ccc(N3CCCS3(=O)=O)cc2)c(C#N)c2ccc(O)cc21.CCn1c(-c2ccc(N3CCCS3(=O)=O)cc2)c(C#N)c2ccc(OC(C)C)cc21.CCn1c(-c2ccc(N3CCCS3(=O)=O)cc2)c(C#N)c2ccc(OC)cc21.O=CO[O-].[H-].[K+].[K+]. The predicted molar refractivity (Wildman–Crippen MR) is 404 cm³/mol. The molecule has 3 saturated heterocycles. The summed E-state index contributed by atoms with van der Waals surface area (Å²) >= 11 is 11.7. The Kier molecular flexibility index (Phi) is 33.9. The minimum absolute atomic E-state index is 0. The number of carbonyl (C=O) groups excluding carboxylic acids is 1. The normalized spacial score (nSPS) is 14.4. The van der Waals surface area contributed by atoms with E-state index in [0.29, 0.717) is 92.3 Å². The Morgan fingerprint density at radius 3 is 1.09 bits per heavy atom. The van der Waals surface area contributed by atoms with Crippen LogP contribution in [0.15, 0.2) is 127 Å². The van der Waals surface area contributed by atoms with Crippen molar-refractivity contribution in [3.8, 4) is 69.2 Å². The van der Waals surface area contributed by atoms with Crippen LogP contribution in [0.3, 0.4) is 0 Å². The van der Waals surface area contributed by atoms with Gasteiger partial charge in [0.05, 0.1) is 97.9 Å². The van der Waals surface area contributed by atoms with Gasteiger partial charge < -0.3 is 39.9 Å². The third-order valence-electron chi connectivity index (χ3n) is 15.6. The van der Waals surface area contributed by atoms with Crippen molar-refractivity contribution < 1.29 is 159 Å². The molecule has 514 valence electrons. The number of phenols is 1. The van der Waals surface area contributed by atoms with Gasteiger partial charge in [-0.05, 0) is 143 Å². The molecule has 6 heterocycles. The van der Waals surface area contributed by atoms with Crippen LogP contribution >= 0.6 is 69.9 Å². The number of nitriles is 3. The summed E-state index contributed by atoms with van der Waals surface area (Å²) in [6, 6.07) is 45.6. The zero-order valence-electron chi connectivity index (χ0n) is 57.6. The molecule has 3 aliphatic heterocycles. The molecular weight excluding hydrogens is 1690 g/mol. The van der Waals surface area contributed by atoms with Gasteiger partial charge in [0, 0.05) is 77.6 Å². The number of phenolic OH excluding ortho intramolecular Hbond substituents is 1. The Morgan fingerprint density at radius 2 is 0.838 bits per heavy atom. The number of alkyl halides is 1. The molecule has 3 aliphatic rings. The van der Waals surface area contributed by atoms with Gasteiger partial charge in [-0.1, -0.05) is 72.8 Å². The summed E-state index contributed by atoms with van der Waals surface area (Å²) in [7, 11) is -8.02. The Morgan fingerprint density at radius 1 is 0.556 bits per heavy atom. The number of aromatic nitrogens is 3. The van der Waals surface area contributed by atoms with Crippen LogP contribution in [0, 0.1) is 34.0 Å². The van der Waals surface area contributed by atoms with Crippen molar-refractivity contribution in [1.29, 1.82) is 15.8 Å². The summed E-state index contributed by atoms with van der Waals surface area (Å²) in [5.74, 6) is 2.24. The van der Waals surface area contributed by atoms with E-state index in [-0.39, 0.29) is 143 Å². The molecular formula is C68H74BBr3IK2N9O12S3. The van der Waals surface area contributed by atoms with E-state index < -0.39 is 30.1 Å². The van der Waals surface area contributed by atoms with Crippen LogP contribution in [0.1, 0.15) is 85.8 Å². The molecule has 12 rings (SSSR count). The monoisotopic (exact) mass is 1760 g/mol. The number of aromatic hydroxyl groups is 1. The van der Waals surface area contributed by atoms with Crippen molar-refractivity contribution >= 4 is 159 Å². The van der Waals surface area contributed by atoms with Crippen LogP contribution in [0.2, 0.25) is 0 Å². The number of hydrogen-bond acceptors (Lipinski definition) is 15. The summed E-state index contributed by atoms with van der Waals surface area (Å²) in [6.07, 6.45) is 2.00. The maximum atomic E-state index is 12.2. The van der Waals surface area contributed by atoms with Crippen LogP contribution in [-0.2, 0) is 59.4 Å². The number of rotatable bonds is 13. The van der Waals surface area contributed by atoms with Crippen LogP contribution in [0.25, 0.3) is 66.5 Å². The number of fused-ring (bicyclic) bond motifs is 3. The van der Waals surface area contributed by atoms with E-state index in [2.05, 4.69) is 116 Å². The average molecular weight is 1760 g/mol. The summed E-state index contributed by atoms with van der Waals surface area (Å²) in [5, 5.41) is 50.3. The van der Waals surface area contributed by atoms with Crippen LogP contribution < -0.4 is 130 Å². The summed E-state index contributed by atoms with van der Waals surface area (Å²) < 4.78 is 95.8. The number of ether oxygens (including phenoxy) is 2. The van der Waals surface area contributed by atoms with Crippen molar-refractivity contribution in [3.63, 3.8) is 0 Å². The number of aryl methyl sites for hydroxylation is 3. The number of sulfonamides is 3. The second kappa shape index (κ2) is 39.2. The summed E-state index contributed by atoms with van der Waals surface area (Å²) in [5.41, 5.74) is 11.5. The first-order valence-electron chi connectivity index (χ1n) is 30.9. The van der Waals surface area contributed by atoms with Crippen molar-refractivity contribution in [2.45, 2.75) is 97.4 Å². The average Bonchev–Trinajstić information content (AvgIpc) is 1.61. The first kappa shape index (κ1) is 85.6. The molecule has 0 atom stereocenters.